The van der Waals surface area contributed by atoms with Gasteiger partial charge in [-0.2, -0.15) is 0 Å². The van der Waals surface area contributed by atoms with Crippen molar-refractivity contribution in [3.8, 4) is 0 Å². The summed E-state index contributed by atoms with van der Waals surface area (Å²) in [6, 6.07) is 7.39. The molecule has 4 nitrogen and oxygen atoms in total. The highest BCUT2D eigenvalue weighted by Gasteiger charge is 2.21. The number of hydrogen-bond donors (Lipinski definition) is 1. The number of aromatic nitrogens is 1. The fraction of sp³-hybridized carbons (Fsp3) is 0.706. The zero-order valence-corrected chi connectivity index (χ0v) is 13.8. The molecule has 1 aliphatic rings. The number of hydrogen-bond acceptors (Lipinski definition) is 4. The van der Waals surface area contributed by atoms with Gasteiger partial charge in [-0.1, -0.05) is 19.4 Å². The largest absolute Gasteiger partial charge is 0.354 e. The van der Waals surface area contributed by atoms with Crippen molar-refractivity contribution in [3.05, 3.63) is 24.4 Å². The molecule has 1 saturated heterocycles. The number of anilines is 1. The van der Waals surface area contributed by atoms with Crippen molar-refractivity contribution in [1.82, 2.24) is 15.2 Å². The van der Waals surface area contributed by atoms with Gasteiger partial charge in [-0.05, 0) is 32.4 Å². The molecule has 4 heteroatoms. The molecule has 21 heavy (non-hydrogen) atoms. The number of rotatable bonds is 7. The monoisotopic (exact) mass is 290 g/mol. The minimum absolute atomic E-state index is 0.607. The van der Waals surface area contributed by atoms with Gasteiger partial charge in [0.15, 0.2) is 0 Å². The average molecular weight is 290 g/mol. The summed E-state index contributed by atoms with van der Waals surface area (Å²) in [5.41, 5.74) is 0. The third-order valence-electron chi connectivity index (χ3n) is 4.39. The Hall–Kier alpha value is -1.13. The maximum atomic E-state index is 4.45. The lowest BCUT2D eigenvalue weighted by molar-refractivity contribution is 0.189. The molecule has 0 spiro atoms. The van der Waals surface area contributed by atoms with Gasteiger partial charge in [-0.3, -0.25) is 4.90 Å². The summed E-state index contributed by atoms with van der Waals surface area (Å²) in [5.74, 6) is 1.11. The first kappa shape index (κ1) is 16.2. The number of nitrogens with zero attached hydrogens (tertiary/aromatic N) is 3. The molecule has 1 aromatic heterocycles. The maximum Gasteiger partial charge on any atom is 0.128 e. The molecule has 2 rings (SSSR count). The molecule has 1 N–H and O–H groups in total. The molecule has 0 amide bonds. The van der Waals surface area contributed by atoms with E-state index in [4.69, 9.17) is 0 Å². The molecule has 1 aliphatic heterocycles. The Morgan fingerprint density at radius 1 is 1.19 bits per heavy atom. The summed E-state index contributed by atoms with van der Waals surface area (Å²) < 4.78 is 0. The Morgan fingerprint density at radius 3 is 2.57 bits per heavy atom. The van der Waals surface area contributed by atoms with Crippen LogP contribution >= 0.6 is 0 Å². The SMILES string of the molecule is CCCC(C)NCC(C)N1CCN(c2ccccn2)CC1. The average Bonchev–Trinajstić information content (AvgIpc) is 2.54. The maximum absolute atomic E-state index is 4.45. The zero-order valence-electron chi connectivity index (χ0n) is 13.8. The van der Waals surface area contributed by atoms with Gasteiger partial charge in [-0.15, -0.1) is 0 Å². The van der Waals surface area contributed by atoms with Gasteiger partial charge in [0.05, 0.1) is 0 Å². The van der Waals surface area contributed by atoms with E-state index < -0.39 is 0 Å². The van der Waals surface area contributed by atoms with Crippen LogP contribution in [0.3, 0.4) is 0 Å². The first-order valence-corrected chi connectivity index (χ1v) is 8.34. The highest BCUT2D eigenvalue weighted by molar-refractivity contribution is 5.38. The van der Waals surface area contributed by atoms with E-state index in [2.05, 4.69) is 53.0 Å². The van der Waals surface area contributed by atoms with Crippen LogP contribution in [0.25, 0.3) is 0 Å². The molecule has 1 fully saturated rings. The molecule has 118 valence electrons. The van der Waals surface area contributed by atoms with Crippen LogP contribution in [-0.4, -0.2) is 54.7 Å². The Labute approximate surface area is 129 Å². The van der Waals surface area contributed by atoms with Crippen molar-refractivity contribution < 1.29 is 0 Å². The van der Waals surface area contributed by atoms with Gasteiger partial charge in [0.25, 0.3) is 0 Å². The van der Waals surface area contributed by atoms with E-state index >= 15 is 0 Å². The standard InChI is InChI=1S/C17H30N4/c1-4-7-15(2)19-14-16(3)20-10-12-21(13-11-20)17-8-5-6-9-18-17/h5-6,8-9,15-16,19H,4,7,10-14H2,1-3H3. The molecule has 0 radical (unpaired) electrons. The third kappa shape index (κ3) is 4.97. The predicted octanol–water partition coefficient (Wildman–Crippen LogP) is 2.37. The molecular weight excluding hydrogens is 260 g/mol. The second-order valence-electron chi connectivity index (χ2n) is 6.16. The summed E-state index contributed by atoms with van der Waals surface area (Å²) >= 11 is 0. The lowest BCUT2D eigenvalue weighted by atomic mass is 10.1. The van der Waals surface area contributed by atoms with Gasteiger partial charge in [0.1, 0.15) is 5.82 Å². The van der Waals surface area contributed by atoms with Crippen molar-refractivity contribution in [2.75, 3.05) is 37.6 Å². The summed E-state index contributed by atoms with van der Waals surface area (Å²) in [6.45, 7) is 12.4. The molecule has 2 atom stereocenters. The Balaban J connectivity index is 1.73. The van der Waals surface area contributed by atoms with Crippen molar-refractivity contribution in [1.29, 1.82) is 0 Å². The van der Waals surface area contributed by atoms with Crippen LogP contribution in [0.4, 0.5) is 5.82 Å². The molecule has 0 bridgehead atoms. The minimum atomic E-state index is 0.607. The van der Waals surface area contributed by atoms with Crippen LogP contribution in [0.15, 0.2) is 24.4 Å². The van der Waals surface area contributed by atoms with E-state index in [1.807, 2.05) is 12.3 Å². The third-order valence-corrected chi connectivity index (χ3v) is 4.39. The summed E-state index contributed by atoms with van der Waals surface area (Å²) in [7, 11) is 0. The van der Waals surface area contributed by atoms with E-state index in [0.717, 1.165) is 38.5 Å². The fourth-order valence-electron chi connectivity index (χ4n) is 2.97. The zero-order chi connectivity index (χ0) is 15.1. The minimum Gasteiger partial charge on any atom is -0.354 e. The molecule has 2 heterocycles. The second kappa shape index (κ2) is 8.35. The Morgan fingerprint density at radius 2 is 1.95 bits per heavy atom. The Bertz CT molecular complexity index is 387. The summed E-state index contributed by atoms with van der Waals surface area (Å²) in [4.78, 5) is 9.42. The van der Waals surface area contributed by atoms with Crippen LogP contribution in [-0.2, 0) is 0 Å². The highest BCUT2D eigenvalue weighted by Crippen LogP contribution is 2.13. The van der Waals surface area contributed by atoms with Gasteiger partial charge < -0.3 is 10.2 Å². The van der Waals surface area contributed by atoms with Gasteiger partial charge >= 0.3 is 0 Å². The van der Waals surface area contributed by atoms with Gasteiger partial charge in [0.2, 0.25) is 0 Å². The van der Waals surface area contributed by atoms with Crippen LogP contribution in [0.5, 0.6) is 0 Å². The van der Waals surface area contributed by atoms with Crippen LogP contribution < -0.4 is 10.2 Å². The van der Waals surface area contributed by atoms with E-state index in [9.17, 15) is 0 Å². The van der Waals surface area contributed by atoms with E-state index in [1.165, 1.54) is 12.8 Å². The predicted molar refractivity (Wildman–Crippen MR) is 89.9 cm³/mol. The number of nitrogens with one attached hydrogen (secondary N) is 1. The number of pyridine rings is 1. The van der Waals surface area contributed by atoms with E-state index in [-0.39, 0.29) is 0 Å². The lowest BCUT2D eigenvalue weighted by Crippen LogP contribution is -2.52. The first-order chi connectivity index (χ1) is 10.2. The summed E-state index contributed by atoms with van der Waals surface area (Å²) in [6.07, 6.45) is 4.40. The Kier molecular flexibility index (Phi) is 6.46. The molecule has 2 unspecified atom stereocenters. The molecule has 0 saturated carbocycles. The van der Waals surface area contributed by atoms with E-state index in [1.54, 1.807) is 0 Å². The van der Waals surface area contributed by atoms with Gasteiger partial charge in [-0.25, -0.2) is 4.98 Å². The smallest absolute Gasteiger partial charge is 0.128 e. The fourth-order valence-corrected chi connectivity index (χ4v) is 2.97. The van der Waals surface area contributed by atoms with Crippen LogP contribution in [0.1, 0.15) is 33.6 Å². The highest BCUT2D eigenvalue weighted by atomic mass is 15.3. The quantitative estimate of drug-likeness (QED) is 0.835. The van der Waals surface area contributed by atoms with Crippen molar-refractivity contribution in [2.24, 2.45) is 0 Å². The molecule has 1 aromatic rings. The van der Waals surface area contributed by atoms with Gasteiger partial charge in [0, 0.05) is 51.0 Å². The first-order valence-electron chi connectivity index (χ1n) is 8.34. The molecular formula is C17H30N4. The van der Waals surface area contributed by atoms with Crippen molar-refractivity contribution in [2.45, 2.75) is 45.7 Å². The normalized spacial score (nSPS) is 19.5. The lowest BCUT2D eigenvalue weighted by Gasteiger charge is -2.39. The van der Waals surface area contributed by atoms with Crippen LogP contribution in [0, 0.1) is 0 Å². The number of piperazine rings is 1. The molecule has 0 aliphatic carbocycles. The topological polar surface area (TPSA) is 31.4 Å². The van der Waals surface area contributed by atoms with Crippen molar-refractivity contribution >= 4 is 5.82 Å². The molecule has 0 aromatic carbocycles. The second-order valence-corrected chi connectivity index (χ2v) is 6.16. The van der Waals surface area contributed by atoms with Crippen LogP contribution in [0.2, 0.25) is 0 Å². The van der Waals surface area contributed by atoms with E-state index in [0.29, 0.717) is 12.1 Å². The summed E-state index contributed by atoms with van der Waals surface area (Å²) in [5, 5.41) is 3.66. The van der Waals surface area contributed by atoms with Crippen molar-refractivity contribution in [3.63, 3.8) is 0 Å².